The molecule has 1 fully saturated rings. The molecule has 2 rings (SSSR count). The smallest absolute Gasteiger partial charge is 0.240 e. The van der Waals surface area contributed by atoms with Gasteiger partial charge in [0.05, 0.1) is 18.3 Å². The maximum Gasteiger partial charge on any atom is 0.240 e. The standard InChI is InChI=1S/C16H21N3O/c1-2-13-7-6-10-18-14(13)11-19-15(20)16(12-17)8-4-3-5-9-16/h6-7,10H,2-5,8-9,11H2,1H3,(H,19,20). The van der Waals surface area contributed by atoms with Gasteiger partial charge >= 0.3 is 0 Å². The van der Waals surface area contributed by atoms with E-state index in [1.54, 1.807) is 6.20 Å². The predicted octanol–water partition coefficient (Wildman–Crippen LogP) is 2.73. The van der Waals surface area contributed by atoms with Gasteiger partial charge in [0.15, 0.2) is 0 Å². The molecule has 1 aliphatic carbocycles. The molecule has 1 heterocycles. The van der Waals surface area contributed by atoms with Crippen molar-refractivity contribution in [2.45, 2.75) is 52.0 Å². The first kappa shape index (κ1) is 14.5. The molecule has 0 aromatic carbocycles. The third kappa shape index (κ3) is 2.98. The van der Waals surface area contributed by atoms with Gasteiger partial charge in [0.1, 0.15) is 5.41 Å². The number of aromatic nitrogens is 1. The quantitative estimate of drug-likeness (QED) is 0.915. The summed E-state index contributed by atoms with van der Waals surface area (Å²) in [4.78, 5) is 16.7. The third-order valence-electron chi connectivity index (χ3n) is 4.14. The van der Waals surface area contributed by atoms with E-state index in [-0.39, 0.29) is 5.91 Å². The zero-order chi connectivity index (χ0) is 14.4. The molecule has 0 saturated heterocycles. The van der Waals surface area contributed by atoms with Crippen LogP contribution in [-0.2, 0) is 17.8 Å². The van der Waals surface area contributed by atoms with Crippen LogP contribution in [0.15, 0.2) is 18.3 Å². The van der Waals surface area contributed by atoms with E-state index in [0.717, 1.165) is 36.9 Å². The van der Waals surface area contributed by atoms with Crippen LogP contribution < -0.4 is 5.32 Å². The summed E-state index contributed by atoms with van der Waals surface area (Å²) < 4.78 is 0. The lowest BCUT2D eigenvalue weighted by Crippen LogP contribution is -2.41. The molecule has 0 unspecified atom stereocenters. The largest absolute Gasteiger partial charge is 0.349 e. The van der Waals surface area contributed by atoms with E-state index in [4.69, 9.17) is 0 Å². The Morgan fingerprint density at radius 2 is 2.20 bits per heavy atom. The summed E-state index contributed by atoms with van der Waals surface area (Å²) in [5.41, 5.74) is 1.22. The summed E-state index contributed by atoms with van der Waals surface area (Å²) in [7, 11) is 0. The van der Waals surface area contributed by atoms with Gasteiger partial charge in [0.2, 0.25) is 5.91 Å². The fourth-order valence-electron chi connectivity index (χ4n) is 2.83. The topological polar surface area (TPSA) is 65.8 Å². The second kappa shape index (κ2) is 6.51. The number of carbonyl (C=O) groups is 1. The van der Waals surface area contributed by atoms with Crippen molar-refractivity contribution in [3.8, 4) is 6.07 Å². The molecule has 1 aliphatic rings. The normalized spacial score (nSPS) is 17.2. The highest BCUT2D eigenvalue weighted by atomic mass is 16.2. The van der Waals surface area contributed by atoms with Crippen molar-refractivity contribution in [1.82, 2.24) is 10.3 Å². The SMILES string of the molecule is CCc1cccnc1CNC(=O)C1(C#N)CCCCC1. The Morgan fingerprint density at radius 3 is 2.85 bits per heavy atom. The van der Waals surface area contributed by atoms with Gasteiger partial charge in [-0.25, -0.2) is 0 Å². The third-order valence-corrected chi connectivity index (χ3v) is 4.14. The molecule has 1 saturated carbocycles. The Hall–Kier alpha value is -1.89. The molecule has 0 spiro atoms. The lowest BCUT2D eigenvalue weighted by molar-refractivity contribution is -0.129. The van der Waals surface area contributed by atoms with E-state index in [9.17, 15) is 10.1 Å². The summed E-state index contributed by atoms with van der Waals surface area (Å²) in [5.74, 6) is -0.132. The van der Waals surface area contributed by atoms with Crippen molar-refractivity contribution >= 4 is 5.91 Å². The molecule has 20 heavy (non-hydrogen) atoms. The Kier molecular flexibility index (Phi) is 4.73. The van der Waals surface area contributed by atoms with Crippen LogP contribution in [-0.4, -0.2) is 10.9 Å². The average molecular weight is 271 g/mol. The summed E-state index contributed by atoms with van der Waals surface area (Å²) in [6.45, 7) is 2.48. The van der Waals surface area contributed by atoms with Crippen LogP contribution in [0, 0.1) is 16.7 Å². The Balaban J connectivity index is 2.03. The lowest BCUT2D eigenvalue weighted by atomic mass is 9.74. The number of aryl methyl sites for hydroxylation is 1. The molecule has 106 valence electrons. The van der Waals surface area contributed by atoms with Crippen LogP contribution in [0.1, 0.15) is 50.3 Å². The number of hydrogen-bond donors (Lipinski definition) is 1. The van der Waals surface area contributed by atoms with Gasteiger partial charge in [-0.05, 0) is 30.9 Å². The summed E-state index contributed by atoms with van der Waals surface area (Å²) in [6, 6.07) is 6.18. The number of carbonyl (C=O) groups excluding carboxylic acids is 1. The molecule has 1 amide bonds. The van der Waals surface area contributed by atoms with Crippen LogP contribution in [0.2, 0.25) is 0 Å². The average Bonchev–Trinajstić information content (AvgIpc) is 2.53. The van der Waals surface area contributed by atoms with E-state index in [1.807, 2.05) is 12.1 Å². The van der Waals surface area contributed by atoms with Crippen LogP contribution in [0.5, 0.6) is 0 Å². The first-order valence-corrected chi connectivity index (χ1v) is 7.34. The van der Waals surface area contributed by atoms with Crippen LogP contribution >= 0.6 is 0 Å². The van der Waals surface area contributed by atoms with Gasteiger partial charge in [-0.2, -0.15) is 5.26 Å². The van der Waals surface area contributed by atoms with Crippen molar-refractivity contribution in [3.05, 3.63) is 29.6 Å². The van der Waals surface area contributed by atoms with E-state index in [2.05, 4.69) is 23.3 Å². The highest BCUT2D eigenvalue weighted by Gasteiger charge is 2.39. The van der Waals surface area contributed by atoms with E-state index >= 15 is 0 Å². The number of rotatable bonds is 4. The zero-order valence-corrected chi connectivity index (χ0v) is 12.0. The minimum absolute atomic E-state index is 0.132. The number of pyridine rings is 1. The molecule has 1 aromatic heterocycles. The second-order valence-corrected chi connectivity index (χ2v) is 5.40. The molecule has 1 aromatic rings. The molecule has 0 radical (unpaired) electrons. The molecule has 1 N–H and O–H groups in total. The van der Waals surface area contributed by atoms with E-state index in [1.165, 1.54) is 0 Å². The van der Waals surface area contributed by atoms with E-state index in [0.29, 0.717) is 19.4 Å². The molecule has 4 nitrogen and oxygen atoms in total. The monoisotopic (exact) mass is 271 g/mol. The summed E-state index contributed by atoms with van der Waals surface area (Å²) in [6.07, 6.45) is 7.03. The van der Waals surface area contributed by atoms with Crippen molar-refractivity contribution < 1.29 is 4.79 Å². The fourth-order valence-corrected chi connectivity index (χ4v) is 2.83. The summed E-state index contributed by atoms with van der Waals surface area (Å²) >= 11 is 0. The predicted molar refractivity (Wildman–Crippen MR) is 76.6 cm³/mol. The van der Waals surface area contributed by atoms with Crippen molar-refractivity contribution in [2.75, 3.05) is 0 Å². The van der Waals surface area contributed by atoms with Gasteiger partial charge in [-0.15, -0.1) is 0 Å². The van der Waals surface area contributed by atoms with Crippen molar-refractivity contribution in [3.63, 3.8) is 0 Å². The minimum Gasteiger partial charge on any atom is -0.349 e. The van der Waals surface area contributed by atoms with Gasteiger partial charge in [-0.3, -0.25) is 9.78 Å². The highest BCUT2D eigenvalue weighted by Crippen LogP contribution is 2.35. The number of nitrogens with zero attached hydrogens (tertiary/aromatic N) is 2. The molecule has 0 aliphatic heterocycles. The Morgan fingerprint density at radius 1 is 1.45 bits per heavy atom. The molecule has 4 heteroatoms. The van der Waals surface area contributed by atoms with Gasteiger partial charge in [-0.1, -0.05) is 32.3 Å². The minimum atomic E-state index is -0.820. The number of amides is 1. The fraction of sp³-hybridized carbons (Fsp3) is 0.562. The number of hydrogen-bond acceptors (Lipinski definition) is 3. The van der Waals surface area contributed by atoms with Gasteiger partial charge < -0.3 is 5.32 Å². The molecule has 0 atom stereocenters. The maximum atomic E-state index is 12.4. The molecule has 0 bridgehead atoms. The first-order chi connectivity index (χ1) is 9.72. The number of nitriles is 1. The van der Waals surface area contributed by atoms with Crippen LogP contribution in [0.25, 0.3) is 0 Å². The maximum absolute atomic E-state index is 12.4. The lowest BCUT2D eigenvalue weighted by Gasteiger charge is -2.29. The second-order valence-electron chi connectivity index (χ2n) is 5.40. The molecular weight excluding hydrogens is 250 g/mol. The Bertz CT molecular complexity index is 513. The van der Waals surface area contributed by atoms with Crippen LogP contribution in [0.3, 0.4) is 0 Å². The van der Waals surface area contributed by atoms with Crippen LogP contribution in [0.4, 0.5) is 0 Å². The molecular formula is C16H21N3O. The van der Waals surface area contributed by atoms with Crippen molar-refractivity contribution in [2.24, 2.45) is 5.41 Å². The first-order valence-electron chi connectivity index (χ1n) is 7.34. The Labute approximate surface area is 120 Å². The van der Waals surface area contributed by atoms with E-state index < -0.39 is 5.41 Å². The number of nitrogens with one attached hydrogen (secondary N) is 1. The van der Waals surface area contributed by atoms with Crippen molar-refractivity contribution in [1.29, 1.82) is 5.26 Å². The summed E-state index contributed by atoms with van der Waals surface area (Å²) in [5, 5.41) is 12.3. The van der Waals surface area contributed by atoms with Gasteiger partial charge in [0, 0.05) is 6.20 Å². The highest BCUT2D eigenvalue weighted by molar-refractivity contribution is 5.85. The zero-order valence-electron chi connectivity index (χ0n) is 12.0. The van der Waals surface area contributed by atoms with Gasteiger partial charge in [0.25, 0.3) is 0 Å².